The Balaban J connectivity index is 1.98. The summed E-state index contributed by atoms with van der Waals surface area (Å²) in [4.78, 5) is 16.4. The number of carbonyl (C=O) groups is 1. The number of ether oxygens (including phenoxy) is 2. The van der Waals surface area contributed by atoms with Crippen molar-refractivity contribution < 1.29 is 19.1 Å². The van der Waals surface area contributed by atoms with Crippen LogP contribution in [0.1, 0.15) is 11.1 Å². The lowest BCUT2D eigenvalue weighted by atomic mass is 10.2. The first-order valence-corrected chi connectivity index (χ1v) is 6.92. The van der Waals surface area contributed by atoms with Crippen LogP contribution < -0.4 is 14.8 Å². The molecular weight excluding hydrogens is 296 g/mol. The minimum absolute atomic E-state index is 0.595. The zero-order valence-corrected chi connectivity index (χ0v) is 13.2. The Hall–Kier alpha value is -3.02. The molecule has 0 atom stereocenters. The van der Waals surface area contributed by atoms with Crippen LogP contribution in [-0.4, -0.2) is 26.5 Å². The van der Waals surface area contributed by atoms with Gasteiger partial charge in [0.1, 0.15) is 11.5 Å². The first-order chi connectivity index (χ1) is 11.1. The highest BCUT2D eigenvalue weighted by Gasteiger charge is 2.05. The number of aryl methyl sites for hydroxylation is 1. The van der Waals surface area contributed by atoms with Crippen molar-refractivity contribution in [3.8, 4) is 11.5 Å². The third kappa shape index (κ3) is 4.74. The predicted molar refractivity (Wildman–Crippen MR) is 88.4 cm³/mol. The zero-order chi connectivity index (χ0) is 16.7. The molecule has 0 unspecified atom stereocenters. The topological polar surface area (TPSA) is 69.1 Å². The van der Waals surface area contributed by atoms with Crippen LogP contribution in [0.2, 0.25) is 0 Å². The Labute approximate surface area is 134 Å². The number of benzene rings is 2. The van der Waals surface area contributed by atoms with Crippen LogP contribution in [-0.2, 0) is 4.84 Å². The Morgan fingerprint density at radius 3 is 2.48 bits per heavy atom. The zero-order valence-electron chi connectivity index (χ0n) is 13.2. The van der Waals surface area contributed by atoms with E-state index in [2.05, 4.69) is 10.5 Å². The summed E-state index contributed by atoms with van der Waals surface area (Å²) in [5, 5.41) is 6.24. The van der Waals surface area contributed by atoms with E-state index < -0.39 is 6.09 Å². The van der Waals surface area contributed by atoms with E-state index in [1.165, 1.54) is 6.21 Å². The standard InChI is InChI=1S/C17H18N2O4/c1-12-4-6-14(7-5-12)19-17(20)23-18-11-13-10-15(21-2)8-9-16(13)22-3/h4-11H,1-3H3,(H,19,20)/b18-11+. The monoisotopic (exact) mass is 314 g/mol. The lowest BCUT2D eigenvalue weighted by molar-refractivity contribution is 0.167. The average molecular weight is 314 g/mol. The van der Waals surface area contributed by atoms with Gasteiger partial charge in [-0.1, -0.05) is 22.9 Å². The van der Waals surface area contributed by atoms with Crippen molar-refractivity contribution in [1.82, 2.24) is 0 Å². The Kier molecular flexibility index (Phi) is 5.57. The normalized spacial score (nSPS) is 10.4. The maximum absolute atomic E-state index is 11.7. The molecular formula is C17H18N2O4. The van der Waals surface area contributed by atoms with Crippen molar-refractivity contribution in [2.75, 3.05) is 19.5 Å². The smallest absolute Gasteiger partial charge is 0.437 e. The number of nitrogens with one attached hydrogen (secondary N) is 1. The molecule has 0 aliphatic rings. The van der Waals surface area contributed by atoms with Crippen molar-refractivity contribution in [3.63, 3.8) is 0 Å². The Morgan fingerprint density at radius 1 is 1.09 bits per heavy atom. The fourth-order valence-electron chi connectivity index (χ4n) is 1.85. The summed E-state index contributed by atoms with van der Waals surface area (Å²) in [5.74, 6) is 1.24. The molecule has 0 saturated heterocycles. The summed E-state index contributed by atoms with van der Waals surface area (Å²) < 4.78 is 10.3. The van der Waals surface area contributed by atoms with Gasteiger partial charge in [-0.2, -0.15) is 0 Å². The van der Waals surface area contributed by atoms with Crippen LogP contribution in [0, 0.1) is 6.92 Å². The molecule has 0 spiro atoms. The van der Waals surface area contributed by atoms with Crippen LogP contribution in [0.3, 0.4) is 0 Å². The molecule has 0 fully saturated rings. The van der Waals surface area contributed by atoms with Gasteiger partial charge >= 0.3 is 6.09 Å². The molecule has 6 heteroatoms. The third-order valence-electron chi connectivity index (χ3n) is 3.06. The van der Waals surface area contributed by atoms with Gasteiger partial charge in [-0.05, 0) is 37.3 Å². The first kappa shape index (κ1) is 16.4. The van der Waals surface area contributed by atoms with Gasteiger partial charge in [-0.25, -0.2) is 4.79 Å². The summed E-state index contributed by atoms with van der Waals surface area (Å²) in [6.07, 6.45) is 0.711. The van der Waals surface area contributed by atoms with E-state index in [1.54, 1.807) is 44.6 Å². The number of nitrogens with zero attached hydrogens (tertiary/aromatic N) is 1. The fourth-order valence-corrected chi connectivity index (χ4v) is 1.85. The lowest BCUT2D eigenvalue weighted by Crippen LogP contribution is -2.10. The molecule has 0 aromatic heterocycles. The molecule has 0 bridgehead atoms. The SMILES string of the molecule is COc1ccc(OC)c(/C=N/OC(=O)Nc2ccc(C)cc2)c1. The molecule has 1 amide bonds. The van der Waals surface area contributed by atoms with E-state index in [4.69, 9.17) is 14.3 Å². The van der Waals surface area contributed by atoms with Gasteiger partial charge in [0.2, 0.25) is 0 Å². The van der Waals surface area contributed by atoms with Crippen LogP contribution >= 0.6 is 0 Å². The second kappa shape index (κ2) is 7.84. The van der Waals surface area contributed by atoms with E-state index in [0.29, 0.717) is 22.7 Å². The minimum Gasteiger partial charge on any atom is -0.497 e. The minimum atomic E-state index is -0.674. The van der Waals surface area contributed by atoms with Gasteiger partial charge in [0, 0.05) is 11.3 Å². The van der Waals surface area contributed by atoms with Gasteiger partial charge < -0.3 is 9.47 Å². The van der Waals surface area contributed by atoms with E-state index >= 15 is 0 Å². The number of hydrogen-bond acceptors (Lipinski definition) is 5. The largest absolute Gasteiger partial charge is 0.497 e. The highest BCUT2D eigenvalue weighted by Crippen LogP contribution is 2.22. The molecule has 1 N–H and O–H groups in total. The number of anilines is 1. The molecule has 6 nitrogen and oxygen atoms in total. The molecule has 2 aromatic carbocycles. The third-order valence-corrected chi connectivity index (χ3v) is 3.06. The van der Waals surface area contributed by atoms with Crippen LogP contribution in [0.25, 0.3) is 0 Å². The number of carbonyl (C=O) groups excluding carboxylic acids is 1. The van der Waals surface area contributed by atoms with Crippen LogP contribution in [0.5, 0.6) is 11.5 Å². The average Bonchev–Trinajstić information content (AvgIpc) is 2.57. The van der Waals surface area contributed by atoms with E-state index in [0.717, 1.165) is 5.56 Å². The molecule has 120 valence electrons. The summed E-state index contributed by atoms with van der Waals surface area (Å²) in [5.41, 5.74) is 2.37. The van der Waals surface area contributed by atoms with E-state index in [9.17, 15) is 4.79 Å². The van der Waals surface area contributed by atoms with Crippen molar-refractivity contribution in [1.29, 1.82) is 0 Å². The summed E-state index contributed by atoms with van der Waals surface area (Å²) in [7, 11) is 3.11. The number of oxime groups is 1. The molecule has 0 saturated carbocycles. The number of hydrogen-bond donors (Lipinski definition) is 1. The molecule has 0 heterocycles. The van der Waals surface area contributed by atoms with Gasteiger partial charge in [0.25, 0.3) is 0 Å². The van der Waals surface area contributed by atoms with Crippen molar-refractivity contribution in [2.45, 2.75) is 6.92 Å². The van der Waals surface area contributed by atoms with Gasteiger partial charge in [-0.3, -0.25) is 10.2 Å². The number of rotatable bonds is 5. The maximum Gasteiger partial charge on any atom is 0.437 e. The molecule has 0 radical (unpaired) electrons. The highest BCUT2D eigenvalue weighted by molar-refractivity contribution is 5.87. The van der Waals surface area contributed by atoms with Gasteiger partial charge in [0.15, 0.2) is 0 Å². The second-order valence-electron chi connectivity index (χ2n) is 4.71. The molecule has 0 aliphatic heterocycles. The van der Waals surface area contributed by atoms with Crippen molar-refractivity contribution in [3.05, 3.63) is 53.6 Å². The fraction of sp³-hybridized carbons (Fsp3) is 0.176. The summed E-state index contributed by atoms with van der Waals surface area (Å²) in [6, 6.07) is 12.6. The molecule has 2 rings (SSSR count). The van der Waals surface area contributed by atoms with Gasteiger partial charge in [0.05, 0.1) is 20.4 Å². The highest BCUT2D eigenvalue weighted by atomic mass is 16.7. The molecule has 23 heavy (non-hydrogen) atoms. The predicted octanol–water partition coefficient (Wildman–Crippen LogP) is 3.59. The van der Waals surface area contributed by atoms with Crippen LogP contribution in [0.4, 0.5) is 10.5 Å². The van der Waals surface area contributed by atoms with E-state index in [-0.39, 0.29) is 0 Å². The Morgan fingerprint density at radius 2 is 1.83 bits per heavy atom. The summed E-state index contributed by atoms with van der Waals surface area (Å²) >= 11 is 0. The number of methoxy groups -OCH3 is 2. The van der Waals surface area contributed by atoms with Crippen LogP contribution in [0.15, 0.2) is 47.6 Å². The van der Waals surface area contributed by atoms with E-state index in [1.807, 2.05) is 19.1 Å². The Bertz CT molecular complexity index is 696. The first-order valence-electron chi connectivity index (χ1n) is 6.92. The molecule has 2 aromatic rings. The lowest BCUT2D eigenvalue weighted by Gasteiger charge is -2.06. The maximum atomic E-state index is 11.7. The van der Waals surface area contributed by atoms with Crippen molar-refractivity contribution >= 4 is 18.0 Å². The van der Waals surface area contributed by atoms with Gasteiger partial charge in [-0.15, -0.1) is 0 Å². The second-order valence-corrected chi connectivity index (χ2v) is 4.71. The van der Waals surface area contributed by atoms with Crippen molar-refractivity contribution in [2.24, 2.45) is 5.16 Å². The molecule has 0 aliphatic carbocycles. The quantitative estimate of drug-likeness (QED) is 0.520. The number of amides is 1. The summed E-state index contributed by atoms with van der Waals surface area (Å²) in [6.45, 7) is 1.97.